The Bertz CT molecular complexity index is 1020. The Labute approximate surface area is 163 Å². The zero-order valence-corrected chi connectivity index (χ0v) is 15.9. The molecule has 1 aromatic heterocycles. The number of rotatable bonds is 5. The predicted octanol–water partition coefficient (Wildman–Crippen LogP) is 5.77. The van der Waals surface area contributed by atoms with Crippen LogP contribution in [0.3, 0.4) is 0 Å². The van der Waals surface area contributed by atoms with E-state index >= 15 is 0 Å². The van der Waals surface area contributed by atoms with E-state index < -0.39 is 5.63 Å². The molecule has 0 spiro atoms. The van der Waals surface area contributed by atoms with Crippen LogP contribution < -0.4 is 5.63 Å². The van der Waals surface area contributed by atoms with E-state index in [-0.39, 0.29) is 11.7 Å². The van der Waals surface area contributed by atoms with E-state index in [2.05, 4.69) is 0 Å². The third kappa shape index (κ3) is 3.40. The molecule has 1 heterocycles. The lowest BCUT2D eigenvalue weighted by atomic mass is 9.86. The Morgan fingerprint density at radius 1 is 1.15 bits per heavy atom. The Balaban J connectivity index is 1.90. The van der Waals surface area contributed by atoms with Crippen molar-refractivity contribution < 1.29 is 9.52 Å². The molecule has 1 aliphatic carbocycles. The van der Waals surface area contributed by atoms with Crippen LogP contribution in [0, 0.1) is 5.92 Å². The van der Waals surface area contributed by atoms with Crippen LogP contribution >= 0.6 is 11.6 Å². The summed E-state index contributed by atoms with van der Waals surface area (Å²) in [5.74, 6) is 0.219. The molecule has 27 heavy (non-hydrogen) atoms. The van der Waals surface area contributed by atoms with Crippen molar-refractivity contribution in [1.29, 1.82) is 0 Å². The van der Waals surface area contributed by atoms with Gasteiger partial charge in [-0.15, -0.1) is 0 Å². The molecule has 2 aromatic carbocycles. The minimum absolute atomic E-state index is 0.0176. The summed E-state index contributed by atoms with van der Waals surface area (Å²) in [6.45, 7) is 2.03. The maximum Gasteiger partial charge on any atom is 0.343 e. The summed E-state index contributed by atoms with van der Waals surface area (Å²) >= 11 is 6.12. The number of hydrogen-bond acceptors (Lipinski definition) is 3. The second-order valence-electron chi connectivity index (χ2n) is 7.08. The highest BCUT2D eigenvalue weighted by molar-refractivity contribution is 6.30. The number of halogens is 1. The number of aromatic hydroxyl groups is 1. The fourth-order valence-electron chi connectivity index (χ4n) is 3.82. The third-order valence-electron chi connectivity index (χ3n) is 5.32. The average molecular weight is 381 g/mol. The molecule has 1 atom stereocenters. The average Bonchev–Trinajstić information content (AvgIpc) is 3.51. The quantitative estimate of drug-likeness (QED) is 0.611. The van der Waals surface area contributed by atoms with Crippen LogP contribution in [0.4, 0.5) is 0 Å². The van der Waals surface area contributed by atoms with Crippen molar-refractivity contribution in [3.8, 4) is 16.9 Å². The SMILES string of the molecule is CCc1cc(Cl)ccc1-c1coc(=O)c(C(c2ccccc2)C2CC2)c1O. The van der Waals surface area contributed by atoms with E-state index in [0.717, 1.165) is 36.0 Å². The topological polar surface area (TPSA) is 50.4 Å². The molecule has 1 N–H and O–H groups in total. The summed E-state index contributed by atoms with van der Waals surface area (Å²) in [7, 11) is 0. The van der Waals surface area contributed by atoms with E-state index in [1.54, 1.807) is 6.07 Å². The van der Waals surface area contributed by atoms with Crippen LogP contribution in [0.2, 0.25) is 5.02 Å². The van der Waals surface area contributed by atoms with E-state index in [1.807, 2.05) is 49.4 Å². The minimum Gasteiger partial charge on any atom is -0.507 e. The minimum atomic E-state index is -0.469. The molecule has 1 saturated carbocycles. The first kappa shape index (κ1) is 17.9. The molecule has 1 fully saturated rings. The molecule has 0 bridgehead atoms. The van der Waals surface area contributed by atoms with Gasteiger partial charge in [0, 0.05) is 10.9 Å². The second-order valence-corrected chi connectivity index (χ2v) is 7.52. The lowest BCUT2D eigenvalue weighted by molar-refractivity contribution is 0.428. The van der Waals surface area contributed by atoms with Gasteiger partial charge < -0.3 is 9.52 Å². The van der Waals surface area contributed by atoms with Gasteiger partial charge in [0.25, 0.3) is 0 Å². The van der Waals surface area contributed by atoms with E-state index in [0.29, 0.717) is 22.1 Å². The standard InChI is InChI=1S/C23H21ClO3/c1-2-14-12-17(24)10-11-18(14)19-13-27-23(26)21(22(19)25)20(16-8-9-16)15-6-4-3-5-7-15/h3-7,10-13,16,20,25H,2,8-9H2,1H3. The van der Waals surface area contributed by atoms with Gasteiger partial charge in [-0.05, 0) is 54.0 Å². The molecule has 3 aromatic rings. The van der Waals surface area contributed by atoms with Crippen LogP contribution in [0.5, 0.6) is 5.75 Å². The van der Waals surface area contributed by atoms with Gasteiger partial charge in [-0.1, -0.05) is 54.9 Å². The van der Waals surface area contributed by atoms with E-state index in [9.17, 15) is 9.90 Å². The molecule has 0 radical (unpaired) electrons. The number of aryl methyl sites for hydroxylation is 1. The van der Waals surface area contributed by atoms with Gasteiger partial charge >= 0.3 is 5.63 Å². The fourth-order valence-corrected chi connectivity index (χ4v) is 4.02. The smallest absolute Gasteiger partial charge is 0.343 e. The van der Waals surface area contributed by atoms with Crippen molar-refractivity contribution in [1.82, 2.24) is 0 Å². The monoisotopic (exact) mass is 380 g/mol. The summed E-state index contributed by atoms with van der Waals surface area (Å²) in [5, 5.41) is 11.8. The van der Waals surface area contributed by atoms with Crippen molar-refractivity contribution in [2.24, 2.45) is 5.92 Å². The molecule has 3 nitrogen and oxygen atoms in total. The van der Waals surface area contributed by atoms with Crippen LogP contribution in [-0.4, -0.2) is 5.11 Å². The van der Waals surface area contributed by atoms with Crippen LogP contribution in [0.25, 0.3) is 11.1 Å². The van der Waals surface area contributed by atoms with Gasteiger partial charge in [0.2, 0.25) is 0 Å². The highest BCUT2D eigenvalue weighted by Crippen LogP contribution is 2.49. The molecule has 4 heteroatoms. The molecule has 4 rings (SSSR count). The largest absolute Gasteiger partial charge is 0.507 e. The lowest BCUT2D eigenvalue weighted by Crippen LogP contribution is -2.16. The summed E-state index contributed by atoms with van der Waals surface area (Å²) < 4.78 is 5.39. The van der Waals surface area contributed by atoms with Gasteiger partial charge in [0.15, 0.2) is 0 Å². The number of benzene rings is 2. The first-order valence-electron chi connectivity index (χ1n) is 9.28. The highest BCUT2D eigenvalue weighted by Gasteiger charge is 2.37. The molecule has 0 amide bonds. The predicted molar refractivity (Wildman–Crippen MR) is 107 cm³/mol. The molecule has 0 saturated heterocycles. The maximum absolute atomic E-state index is 12.6. The fraction of sp³-hybridized carbons (Fsp3) is 0.261. The molecule has 0 aliphatic heterocycles. The normalized spacial score (nSPS) is 14.9. The second kappa shape index (κ2) is 7.24. The zero-order chi connectivity index (χ0) is 19.0. The van der Waals surface area contributed by atoms with E-state index in [1.165, 1.54) is 6.26 Å². The van der Waals surface area contributed by atoms with Gasteiger partial charge in [0.1, 0.15) is 12.0 Å². The molecular formula is C23H21ClO3. The van der Waals surface area contributed by atoms with Gasteiger partial charge in [-0.25, -0.2) is 4.79 Å². The third-order valence-corrected chi connectivity index (χ3v) is 5.55. The van der Waals surface area contributed by atoms with Crippen LogP contribution in [0.1, 0.15) is 42.4 Å². The van der Waals surface area contributed by atoms with Gasteiger partial charge in [0.05, 0.1) is 11.1 Å². The van der Waals surface area contributed by atoms with Crippen LogP contribution in [0.15, 0.2) is 64.0 Å². The van der Waals surface area contributed by atoms with Crippen molar-refractivity contribution in [2.75, 3.05) is 0 Å². The molecule has 1 unspecified atom stereocenters. The van der Waals surface area contributed by atoms with E-state index in [4.69, 9.17) is 16.0 Å². The maximum atomic E-state index is 12.6. The van der Waals surface area contributed by atoms with Crippen molar-refractivity contribution in [3.63, 3.8) is 0 Å². The van der Waals surface area contributed by atoms with Gasteiger partial charge in [-0.3, -0.25) is 0 Å². The zero-order valence-electron chi connectivity index (χ0n) is 15.1. The first-order valence-corrected chi connectivity index (χ1v) is 9.66. The van der Waals surface area contributed by atoms with Crippen molar-refractivity contribution in [3.05, 3.63) is 86.9 Å². The van der Waals surface area contributed by atoms with Crippen molar-refractivity contribution in [2.45, 2.75) is 32.1 Å². The molecular weight excluding hydrogens is 360 g/mol. The van der Waals surface area contributed by atoms with Crippen LogP contribution in [-0.2, 0) is 6.42 Å². The summed E-state index contributed by atoms with van der Waals surface area (Å²) in [6, 6.07) is 15.4. The number of hydrogen-bond donors (Lipinski definition) is 1. The highest BCUT2D eigenvalue weighted by atomic mass is 35.5. The summed E-state index contributed by atoms with van der Waals surface area (Å²) in [5.41, 5.74) is 3.31. The Kier molecular flexibility index (Phi) is 4.79. The lowest BCUT2D eigenvalue weighted by Gasteiger charge is -2.19. The Morgan fingerprint density at radius 2 is 1.89 bits per heavy atom. The summed E-state index contributed by atoms with van der Waals surface area (Å²) in [6.07, 6.45) is 4.21. The summed E-state index contributed by atoms with van der Waals surface area (Å²) in [4.78, 5) is 12.6. The first-order chi connectivity index (χ1) is 13.1. The molecule has 138 valence electrons. The van der Waals surface area contributed by atoms with Gasteiger partial charge in [-0.2, -0.15) is 0 Å². The molecule has 1 aliphatic rings. The van der Waals surface area contributed by atoms with Crippen molar-refractivity contribution >= 4 is 11.6 Å². The Hall–Kier alpha value is -2.52. The Morgan fingerprint density at radius 3 is 2.56 bits per heavy atom.